The molecule has 15 heavy (non-hydrogen) atoms. The highest BCUT2D eigenvalue weighted by Crippen LogP contribution is 2.07. The lowest BCUT2D eigenvalue weighted by Gasteiger charge is -2.07. The molecule has 0 saturated carbocycles. The molecular formula is C9H13BF3NO. The number of pyridine rings is 1. The first-order valence-electron chi connectivity index (χ1n) is 4.52. The Morgan fingerprint density at radius 2 is 2.13 bits per heavy atom. The predicted molar refractivity (Wildman–Crippen MR) is 50.4 cm³/mol. The molecule has 2 nitrogen and oxygen atoms in total. The van der Waals surface area contributed by atoms with Gasteiger partial charge in [0.1, 0.15) is 0 Å². The maximum Gasteiger partial charge on any atom is 0.604 e. The summed E-state index contributed by atoms with van der Waals surface area (Å²) in [5, 5.41) is 0. The van der Waals surface area contributed by atoms with Crippen LogP contribution in [0.1, 0.15) is 13.8 Å². The van der Waals surface area contributed by atoms with E-state index in [1.54, 1.807) is 24.5 Å². The van der Waals surface area contributed by atoms with Crippen LogP contribution in [0, 0.1) is 0 Å². The second kappa shape index (κ2) is 6.32. The van der Waals surface area contributed by atoms with E-state index < -0.39 is 7.27 Å². The van der Waals surface area contributed by atoms with Crippen LogP contribution in [-0.2, 0) is 6.44 Å². The van der Waals surface area contributed by atoms with Gasteiger partial charge in [0.25, 0.3) is 0 Å². The number of nitrogens with zero attached hydrogens (tertiary/aromatic N) is 1. The summed E-state index contributed by atoms with van der Waals surface area (Å²) in [7, 11) is -2.34. The molecule has 1 heterocycles. The van der Waals surface area contributed by atoms with Gasteiger partial charge >= 0.3 is 7.27 Å². The van der Waals surface area contributed by atoms with Gasteiger partial charge in [0, 0.05) is 6.07 Å². The van der Waals surface area contributed by atoms with Crippen molar-refractivity contribution < 1.29 is 22.6 Å². The summed E-state index contributed by atoms with van der Waals surface area (Å²) in [5.41, 5.74) is 0. The third kappa shape index (κ3) is 5.29. The summed E-state index contributed by atoms with van der Waals surface area (Å²) >= 11 is 0. The molecule has 0 spiro atoms. The second-order valence-corrected chi connectivity index (χ2v) is 3.29. The molecule has 0 unspecified atom stereocenters. The molecule has 0 aliphatic heterocycles. The molecule has 0 bridgehead atoms. The summed E-state index contributed by atoms with van der Waals surface area (Å²) in [4.78, 5) is 0. The lowest BCUT2D eigenvalue weighted by Crippen LogP contribution is -3.00. The Bertz CT molecular complexity index is 271. The Morgan fingerprint density at radius 3 is 2.67 bits per heavy atom. The number of hydrogen-bond donors (Lipinski definition) is 0. The van der Waals surface area contributed by atoms with Gasteiger partial charge in [-0.25, -0.2) is 4.57 Å². The summed E-state index contributed by atoms with van der Waals surface area (Å²) in [6.45, 7) is 3.79. The first-order valence-corrected chi connectivity index (χ1v) is 4.52. The predicted octanol–water partition coefficient (Wildman–Crippen LogP) is -1.27. The zero-order valence-electron chi connectivity index (χ0n) is 8.66. The van der Waals surface area contributed by atoms with Crippen molar-refractivity contribution in [3.8, 4) is 5.75 Å². The molecule has 0 amide bonds. The minimum atomic E-state index is -2.34. The maximum absolute atomic E-state index is 12.1. The monoisotopic (exact) mass is 219 g/mol. The lowest BCUT2D eigenvalue weighted by atomic mass is 10.00. The van der Waals surface area contributed by atoms with Crippen LogP contribution in [0.4, 0.5) is 8.63 Å². The Hall–Kier alpha value is -1.20. The second-order valence-electron chi connectivity index (χ2n) is 3.29. The highest BCUT2D eigenvalue weighted by molar-refractivity contribution is 6.40. The average molecular weight is 219 g/mol. The molecule has 1 aromatic rings. The fourth-order valence-corrected chi connectivity index (χ4v) is 1.11. The first-order chi connectivity index (χ1) is 6.58. The van der Waals surface area contributed by atoms with Crippen molar-refractivity contribution >= 4 is 7.27 Å². The first kappa shape index (κ1) is 13.8. The summed E-state index contributed by atoms with van der Waals surface area (Å²) < 4.78 is 30.9. The third-order valence-corrected chi connectivity index (χ3v) is 1.55. The molecule has 6 heteroatoms. The van der Waals surface area contributed by atoms with Gasteiger partial charge in [0.2, 0.25) is 6.20 Å². The van der Waals surface area contributed by atoms with Gasteiger partial charge in [-0.2, -0.15) is 0 Å². The van der Waals surface area contributed by atoms with Gasteiger partial charge in [-0.3, -0.25) is 8.63 Å². The summed E-state index contributed by atoms with van der Waals surface area (Å²) in [5.74, 6) is 0.614. The van der Waals surface area contributed by atoms with Crippen LogP contribution in [0.3, 0.4) is 0 Å². The van der Waals surface area contributed by atoms with E-state index in [0.717, 1.165) is 0 Å². The highest BCUT2D eigenvalue weighted by atomic mass is 19.2. The normalized spacial score (nSPS) is 9.67. The van der Waals surface area contributed by atoms with E-state index in [1.807, 2.05) is 13.8 Å². The smallest absolute Gasteiger partial charge is 0.604 e. The molecule has 0 saturated heterocycles. The fraction of sp³-hybridized carbons (Fsp3) is 0.444. The Labute approximate surface area is 87.4 Å². The number of halogens is 3. The van der Waals surface area contributed by atoms with Gasteiger partial charge in [-0.15, -0.1) is 0 Å². The molecule has 1 aromatic heterocycles. The van der Waals surface area contributed by atoms with E-state index in [4.69, 9.17) is 4.74 Å². The number of aromatic nitrogens is 1. The molecule has 0 aromatic carbocycles. The number of rotatable bonds is 4. The van der Waals surface area contributed by atoms with Crippen molar-refractivity contribution in [3.63, 3.8) is 0 Å². The lowest BCUT2D eigenvalue weighted by molar-refractivity contribution is -0.681. The zero-order chi connectivity index (χ0) is 10.6. The summed E-state index contributed by atoms with van der Waals surface area (Å²) in [6, 6.07) is 3.45. The number of ether oxygens (including phenoxy) is 1. The van der Waals surface area contributed by atoms with Gasteiger partial charge in [0.05, 0.1) is 6.10 Å². The molecule has 84 valence electrons. The van der Waals surface area contributed by atoms with Crippen LogP contribution in [0.25, 0.3) is 0 Å². The van der Waals surface area contributed by atoms with E-state index in [2.05, 4.69) is 0 Å². The van der Waals surface area contributed by atoms with Crippen molar-refractivity contribution in [1.82, 2.24) is 0 Å². The molecule has 0 N–H and O–H groups in total. The van der Waals surface area contributed by atoms with E-state index in [1.165, 1.54) is 4.57 Å². The summed E-state index contributed by atoms with van der Waals surface area (Å²) in [6.07, 6.45) is 2.93. The highest BCUT2D eigenvalue weighted by Gasteiger charge is 2.19. The van der Waals surface area contributed by atoms with Crippen LogP contribution in [0.5, 0.6) is 5.75 Å². The quantitative estimate of drug-likeness (QED) is 0.454. The van der Waals surface area contributed by atoms with Crippen LogP contribution < -0.4 is 14.0 Å². The standard InChI is InChI=1S/C9H13BF2NO.FH/c1-8(2)14-9-4-3-5-13(6-9)7-10(11)12;/h3-6,8H,7H2,1-2H3;1H/q+1;/p-1. The van der Waals surface area contributed by atoms with E-state index in [-0.39, 0.29) is 17.3 Å². The minimum absolute atomic E-state index is 0. The molecular weight excluding hydrogens is 206 g/mol. The molecule has 0 atom stereocenters. The molecule has 0 aliphatic rings. The Morgan fingerprint density at radius 1 is 1.47 bits per heavy atom. The Balaban J connectivity index is 0.00000196. The third-order valence-electron chi connectivity index (χ3n) is 1.55. The van der Waals surface area contributed by atoms with Crippen molar-refractivity contribution in [1.29, 1.82) is 0 Å². The molecule has 0 radical (unpaired) electrons. The SMILES string of the molecule is CC(C)Oc1ccc[n+](CB(F)F)c1.[F-]. The van der Waals surface area contributed by atoms with Crippen LogP contribution in [0.2, 0.25) is 0 Å². The van der Waals surface area contributed by atoms with Gasteiger partial charge in [0.15, 0.2) is 18.4 Å². The van der Waals surface area contributed by atoms with Crippen molar-refractivity contribution in [2.45, 2.75) is 26.4 Å². The van der Waals surface area contributed by atoms with Crippen molar-refractivity contribution in [3.05, 3.63) is 24.5 Å². The van der Waals surface area contributed by atoms with E-state index >= 15 is 0 Å². The van der Waals surface area contributed by atoms with Crippen molar-refractivity contribution in [2.24, 2.45) is 0 Å². The fourth-order valence-electron chi connectivity index (χ4n) is 1.11. The zero-order valence-corrected chi connectivity index (χ0v) is 8.66. The van der Waals surface area contributed by atoms with Gasteiger partial charge in [-0.1, -0.05) is 0 Å². The van der Waals surface area contributed by atoms with Crippen LogP contribution in [-0.4, -0.2) is 13.4 Å². The van der Waals surface area contributed by atoms with Crippen molar-refractivity contribution in [2.75, 3.05) is 0 Å². The van der Waals surface area contributed by atoms with Crippen LogP contribution in [0.15, 0.2) is 24.5 Å². The van der Waals surface area contributed by atoms with Gasteiger partial charge in [-0.05, 0) is 19.9 Å². The van der Waals surface area contributed by atoms with Crippen LogP contribution >= 0.6 is 0 Å². The number of hydrogen-bond acceptors (Lipinski definition) is 1. The average Bonchev–Trinajstić information content (AvgIpc) is 2.01. The van der Waals surface area contributed by atoms with E-state index in [9.17, 15) is 8.63 Å². The molecule has 1 rings (SSSR count). The maximum atomic E-state index is 12.1. The largest absolute Gasteiger partial charge is 1.00 e. The topological polar surface area (TPSA) is 13.1 Å². The van der Waals surface area contributed by atoms with E-state index in [0.29, 0.717) is 5.75 Å². The minimum Gasteiger partial charge on any atom is -1.00 e. The molecule has 0 fully saturated rings. The molecule has 0 aliphatic carbocycles. The Kier molecular flexibility index (Phi) is 5.82. The van der Waals surface area contributed by atoms with Gasteiger partial charge < -0.3 is 9.44 Å².